The fourth-order valence-electron chi connectivity index (χ4n) is 3.79. The SMILES string of the molecule is O=C1c2[nH]nc(-c3ccccc3)c2C(c2ccc(O)cc2)N1c1ccccc1. The summed E-state index contributed by atoms with van der Waals surface area (Å²) in [4.78, 5) is 15.1. The lowest BCUT2D eigenvalue weighted by molar-refractivity contribution is 0.0989. The standard InChI is InChI=1S/C23H17N3O2/c27-18-13-11-16(12-14-18)22-19-20(15-7-3-1-4-8-15)24-25-21(19)23(28)26(22)17-9-5-2-6-10-17/h1-14,22,27H,(H,24,25). The van der Waals surface area contributed by atoms with Gasteiger partial charge in [-0.05, 0) is 29.8 Å². The summed E-state index contributed by atoms with van der Waals surface area (Å²) in [7, 11) is 0. The maximum atomic E-state index is 13.3. The van der Waals surface area contributed by atoms with Crippen molar-refractivity contribution in [3.05, 3.63) is 102 Å². The van der Waals surface area contributed by atoms with E-state index >= 15 is 0 Å². The molecule has 1 aliphatic rings. The molecule has 0 saturated heterocycles. The van der Waals surface area contributed by atoms with Crippen LogP contribution < -0.4 is 4.90 Å². The first-order chi connectivity index (χ1) is 13.7. The molecule has 0 spiro atoms. The summed E-state index contributed by atoms with van der Waals surface area (Å²) in [6, 6.07) is 26.1. The number of para-hydroxylation sites is 1. The molecule has 0 aliphatic carbocycles. The number of anilines is 1. The van der Waals surface area contributed by atoms with Crippen molar-refractivity contribution in [1.29, 1.82) is 0 Å². The first-order valence-corrected chi connectivity index (χ1v) is 9.05. The molecular weight excluding hydrogens is 350 g/mol. The number of carbonyl (C=O) groups is 1. The van der Waals surface area contributed by atoms with E-state index in [9.17, 15) is 9.90 Å². The van der Waals surface area contributed by atoms with Crippen LogP contribution in [0.5, 0.6) is 5.75 Å². The largest absolute Gasteiger partial charge is 0.508 e. The van der Waals surface area contributed by atoms with Crippen molar-refractivity contribution in [3.8, 4) is 17.0 Å². The Kier molecular flexibility index (Phi) is 3.72. The minimum Gasteiger partial charge on any atom is -0.508 e. The maximum Gasteiger partial charge on any atom is 0.277 e. The molecule has 3 aromatic carbocycles. The van der Waals surface area contributed by atoms with Crippen molar-refractivity contribution in [2.24, 2.45) is 0 Å². The second-order valence-electron chi connectivity index (χ2n) is 6.73. The van der Waals surface area contributed by atoms with E-state index in [1.165, 1.54) is 0 Å². The van der Waals surface area contributed by atoms with Crippen LogP contribution in [0, 0.1) is 0 Å². The van der Waals surface area contributed by atoms with Crippen LogP contribution in [-0.2, 0) is 0 Å². The van der Waals surface area contributed by atoms with Crippen LogP contribution in [0.3, 0.4) is 0 Å². The number of nitrogens with zero attached hydrogens (tertiary/aromatic N) is 2. The molecule has 0 saturated carbocycles. The summed E-state index contributed by atoms with van der Waals surface area (Å²) in [5.74, 6) is 0.0731. The molecule has 1 aliphatic heterocycles. The number of nitrogens with one attached hydrogen (secondary N) is 1. The Balaban J connectivity index is 1.73. The zero-order valence-corrected chi connectivity index (χ0v) is 14.9. The molecule has 1 unspecified atom stereocenters. The van der Waals surface area contributed by atoms with Crippen molar-refractivity contribution >= 4 is 11.6 Å². The third-order valence-corrected chi connectivity index (χ3v) is 5.06. The molecule has 1 amide bonds. The molecule has 5 rings (SSSR count). The van der Waals surface area contributed by atoms with Gasteiger partial charge in [0.2, 0.25) is 0 Å². The second-order valence-corrected chi connectivity index (χ2v) is 6.73. The normalized spacial score (nSPS) is 15.6. The first kappa shape index (κ1) is 16.3. The number of hydrogen-bond acceptors (Lipinski definition) is 3. The molecule has 2 N–H and O–H groups in total. The Hall–Kier alpha value is -3.86. The lowest BCUT2D eigenvalue weighted by Gasteiger charge is -2.26. The van der Waals surface area contributed by atoms with Crippen molar-refractivity contribution in [3.63, 3.8) is 0 Å². The van der Waals surface area contributed by atoms with Crippen LogP contribution in [-0.4, -0.2) is 21.2 Å². The Labute approximate surface area is 161 Å². The number of H-pyrrole nitrogens is 1. The predicted octanol–water partition coefficient (Wildman–Crippen LogP) is 4.53. The molecule has 136 valence electrons. The van der Waals surface area contributed by atoms with Crippen molar-refractivity contribution in [1.82, 2.24) is 10.2 Å². The van der Waals surface area contributed by atoms with Crippen molar-refractivity contribution in [2.75, 3.05) is 4.90 Å². The van der Waals surface area contributed by atoms with Gasteiger partial charge in [0.1, 0.15) is 11.4 Å². The highest BCUT2D eigenvalue weighted by atomic mass is 16.3. The average Bonchev–Trinajstić information content (AvgIpc) is 3.29. The van der Waals surface area contributed by atoms with E-state index in [1.54, 1.807) is 17.0 Å². The molecule has 5 nitrogen and oxygen atoms in total. The third-order valence-electron chi connectivity index (χ3n) is 5.06. The molecule has 28 heavy (non-hydrogen) atoms. The molecule has 1 atom stereocenters. The smallest absolute Gasteiger partial charge is 0.277 e. The number of amides is 1. The van der Waals surface area contributed by atoms with Crippen LogP contribution in [0.15, 0.2) is 84.9 Å². The number of fused-ring (bicyclic) bond motifs is 1. The second kappa shape index (κ2) is 6.39. The van der Waals surface area contributed by atoms with Gasteiger partial charge in [0, 0.05) is 16.8 Å². The van der Waals surface area contributed by atoms with Gasteiger partial charge in [0.15, 0.2) is 0 Å². The molecule has 4 aromatic rings. The number of aromatic hydroxyl groups is 1. The highest BCUT2D eigenvalue weighted by Crippen LogP contribution is 2.45. The van der Waals surface area contributed by atoms with E-state index in [-0.39, 0.29) is 17.7 Å². The van der Waals surface area contributed by atoms with Gasteiger partial charge in [0.05, 0.1) is 11.7 Å². The fraction of sp³-hybridized carbons (Fsp3) is 0.0435. The zero-order valence-electron chi connectivity index (χ0n) is 14.9. The third kappa shape index (κ3) is 2.48. The van der Waals surface area contributed by atoms with Gasteiger partial charge in [-0.2, -0.15) is 5.10 Å². The average molecular weight is 367 g/mol. The van der Waals surface area contributed by atoms with Crippen LogP contribution in [0.4, 0.5) is 5.69 Å². The van der Waals surface area contributed by atoms with E-state index in [2.05, 4.69) is 10.2 Å². The Morgan fingerprint density at radius 2 is 1.50 bits per heavy atom. The van der Waals surface area contributed by atoms with Gasteiger partial charge >= 0.3 is 0 Å². The molecule has 5 heteroatoms. The fourth-order valence-corrected chi connectivity index (χ4v) is 3.79. The number of phenols is 1. The molecule has 0 bridgehead atoms. The lowest BCUT2D eigenvalue weighted by atomic mass is 9.96. The van der Waals surface area contributed by atoms with Gasteiger partial charge in [-0.25, -0.2) is 0 Å². The van der Waals surface area contributed by atoms with E-state index < -0.39 is 0 Å². The number of hydrogen-bond donors (Lipinski definition) is 2. The van der Waals surface area contributed by atoms with E-state index in [1.807, 2.05) is 72.8 Å². The van der Waals surface area contributed by atoms with E-state index in [0.717, 1.165) is 28.1 Å². The van der Waals surface area contributed by atoms with Gasteiger partial charge in [0.25, 0.3) is 5.91 Å². The molecule has 0 radical (unpaired) electrons. The van der Waals surface area contributed by atoms with Crippen LogP contribution in [0.1, 0.15) is 27.7 Å². The summed E-state index contributed by atoms with van der Waals surface area (Å²) in [5.41, 5.74) is 4.79. The first-order valence-electron chi connectivity index (χ1n) is 9.05. The molecule has 1 aromatic heterocycles. The Morgan fingerprint density at radius 1 is 0.857 bits per heavy atom. The van der Waals surface area contributed by atoms with Crippen LogP contribution in [0.25, 0.3) is 11.3 Å². The van der Waals surface area contributed by atoms with Crippen molar-refractivity contribution < 1.29 is 9.90 Å². The minimum absolute atomic E-state index is 0.117. The summed E-state index contributed by atoms with van der Waals surface area (Å²) in [5, 5.41) is 17.1. The summed E-state index contributed by atoms with van der Waals surface area (Å²) < 4.78 is 0. The van der Waals surface area contributed by atoms with Crippen LogP contribution >= 0.6 is 0 Å². The van der Waals surface area contributed by atoms with E-state index in [0.29, 0.717) is 5.69 Å². The quantitative estimate of drug-likeness (QED) is 0.559. The van der Waals surface area contributed by atoms with Crippen LogP contribution in [0.2, 0.25) is 0 Å². The summed E-state index contributed by atoms with van der Waals surface area (Å²) in [6.45, 7) is 0. The number of benzene rings is 3. The van der Waals surface area contributed by atoms with Gasteiger partial charge < -0.3 is 5.11 Å². The zero-order chi connectivity index (χ0) is 19.1. The Bertz CT molecular complexity index is 1140. The highest BCUT2D eigenvalue weighted by Gasteiger charge is 2.42. The lowest BCUT2D eigenvalue weighted by Crippen LogP contribution is -2.29. The van der Waals surface area contributed by atoms with Gasteiger partial charge in [-0.1, -0.05) is 60.7 Å². The molecular formula is C23H17N3O2. The highest BCUT2D eigenvalue weighted by molar-refractivity contribution is 6.11. The predicted molar refractivity (Wildman–Crippen MR) is 107 cm³/mol. The Morgan fingerprint density at radius 3 is 2.18 bits per heavy atom. The number of phenolic OH excluding ortho intramolecular Hbond substituents is 1. The van der Waals surface area contributed by atoms with Gasteiger partial charge in [-0.3, -0.25) is 14.8 Å². The molecule has 2 heterocycles. The van der Waals surface area contributed by atoms with E-state index in [4.69, 9.17) is 0 Å². The summed E-state index contributed by atoms with van der Waals surface area (Å²) in [6.07, 6.45) is 0. The number of aromatic nitrogens is 2. The molecule has 0 fully saturated rings. The minimum atomic E-state index is -0.334. The van der Waals surface area contributed by atoms with Gasteiger partial charge in [-0.15, -0.1) is 0 Å². The monoisotopic (exact) mass is 367 g/mol. The topological polar surface area (TPSA) is 69.2 Å². The maximum absolute atomic E-state index is 13.3. The summed E-state index contributed by atoms with van der Waals surface area (Å²) >= 11 is 0. The number of rotatable bonds is 3. The number of aromatic amines is 1. The van der Waals surface area contributed by atoms with Crippen molar-refractivity contribution in [2.45, 2.75) is 6.04 Å². The number of carbonyl (C=O) groups excluding carboxylic acids is 1.